The molecule has 0 aliphatic carbocycles. The second kappa shape index (κ2) is 6.09. The number of alkyl halides is 3. The first-order chi connectivity index (χ1) is 7.66. The van der Waals surface area contributed by atoms with Crippen LogP contribution < -0.4 is 10.1 Å². The van der Waals surface area contributed by atoms with Crippen molar-refractivity contribution >= 4 is 0 Å². The molecule has 0 bridgehead atoms. The minimum atomic E-state index is -4.64. The fraction of sp³-hybridized carbons (Fsp3) is 0.538. The molecule has 1 rings (SSSR count). The van der Waals surface area contributed by atoms with E-state index in [0.717, 1.165) is 5.56 Å². The SMILES string of the molecule is C.CC(C)(C)NCc1cccc(OC(F)(F)F)c1. The van der Waals surface area contributed by atoms with E-state index in [1.165, 1.54) is 12.1 Å². The Morgan fingerprint density at radius 1 is 1.17 bits per heavy atom. The molecular formula is C13H20F3NO. The van der Waals surface area contributed by atoms with Gasteiger partial charge in [0.1, 0.15) is 5.75 Å². The van der Waals surface area contributed by atoms with Gasteiger partial charge in [-0.3, -0.25) is 0 Å². The van der Waals surface area contributed by atoms with Gasteiger partial charge in [0, 0.05) is 12.1 Å². The van der Waals surface area contributed by atoms with Gasteiger partial charge in [-0.25, -0.2) is 0 Å². The first-order valence-corrected chi connectivity index (χ1v) is 5.25. The molecule has 0 aliphatic heterocycles. The Kier molecular flexibility index (Phi) is 5.67. The minimum Gasteiger partial charge on any atom is -0.406 e. The number of hydrogen-bond acceptors (Lipinski definition) is 2. The number of halogens is 3. The van der Waals surface area contributed by atoms with Crippen molar-refractivity contribution in [3.63, 3.8) is 0 Å². The van der Waals surface area contributed by atoms with Crippen LogP contribution in [-0.4, -0.2) is 11.9 Å². The zero-order valence-corrected chi connectivity index (χ0v) is 10.1. The zero-order chi connectivity index (χ0) is 13.1. The van der Waals surface area contributed by atoms with Crippen LogP contribution in [0.15, 0.2) is 24.3 Å². The predicted molar refractivity (Wildman–Crippen MR) is 66.4 cm³/mol. The molecule has 0 aliphatic rings. The molecule has 0 amide bonds. The summed E-state index contributed by atoms with van der Waals surface area (Å²) in [5.74, 6) is -0.189. The molecule has 0 aromatic heterocycles. The van der Waals surface area contributed by atoms with E-state index in [2.05, 4.69) is 10.1 Å². The Bertz CT molecular complexity index is 369. The highest BCUT2D eigenvalue weighted by atomic mass is 19.4. The topological polar surface area (TPSA) is 21.3 Å². The maximum Gasteiger partial charge on any atom is 0.573 e. The number of rotatable bonds is 3. The van der Waals surface area contributed by atoms with Crippen LogP contribution in [0.3, 0.4) is 0 Å². The fourth-order valence-corrected chi connectivity index (χ4v) is 1.22. The van der Waals surface area contributed by atoms with Gasteiger partial charge in [0.15, 0.2) is 0 Å². The molecule has 0 fully saturated rings. The van der Waals surface area contributed by atoms with Crippen LogP contribution >= 0.6 is 0 Å². The average molecular weight is 263 g/mol. The van der Waals surface area contributed by atoms with Gasteiger partial charge in [-0.15, -0.1) is 13.2 Å². The first kappa shape index (κ1) is 16.8. The third kappa shape index (κ3) is 7.17. The van der Waals surface area contributed by atoms with Gasteiger partial charge >= 0.3 is 6.36 Å². The summed E-state index contributed by atoms with van der Waals surface area (Å²) in [6.45, 7) is 6.47. The molecule has 5 heteroatoms. The number of nitrogens with one attached hydrogen (secondary N) is 1. The second-order valence-corrected chi connectivity index (χ2v) is 4.80. The molecule has 0 heterocycles. The van der Waals surface area contributed by atoms with Gasteiger partial charge in [-0.2, -0.15) is 0 Å². The molecule has 0 unspecified atom stereocenters. The molecule has 104 valence electrons. The van der Waals surface area contributed by atoms with Gasteiger partial charge in [0.05, 0.1) is 0 Å². The molecule has 0 saturated heterocycles. The van der Waals surface area contributed by atoms with E-state index in [1.54, 1.807) is 12.1 Å². The van der Waals surface area contributed by atoms with E-state index in [1.807, 2.05) is 20.8 Å². The summed E-state index contributed by atoms with van der Waals surface area (Å²) >= 11 is 0. The third-order valence-electron chi connectivity index (χ3n) is 1.95. The Balaban J connectivity index is 0.00000289. The van der Waals surface area contributed by atoms with Crippen molar-refractivity contribution in [3.8, 4) is 5.75 Å². The lowest BCUT2D eigenvalue weighted by Crippen LogP contribution is -2.35. The summed E-state index contributed by atoms with van der Waals surface area (Å²) < 4.78 is 39.9. The highest BCUT2D eigenvalue weighted by Gasteiger charge is 2.31. The van der Waals surface area contributed by atoms with Crippen molar-refractivity contribution in [3.05, 3.63) is 29.8 Å². The average Bonchev–Trinajstić information content (AvgIpc) is 2.11. The maximum atomic E-state index is 12.0. The molecule has 18 heavy (non-hydrogen) atoms. The summed E-state index contributed by atoms with van der Waals surface area (Å²) in [5.41, 5.74) is 0.669. The van der Waals surface area contributed by atoms with Gasteiger partial charge in [0.25, 0.3) is 0 Å². The number of benzene rings is 1. The third-order valence-corrected chi connectivity index (χ3v) is 1.95. The Morgan fingerprint density at radius 3 is 2.28 bits per heavy atom. The molecular weight excluding hydrogens is 243 g/mol. The lowest BCUT2D eigenvalue weighted by atomic mass is 10.1. The van der Waals surface area contributed by atoms with Crippen LogP contribution in [0.1, 0.15) is 33.8 Å². The molecule has 0 saturated carbocycles. The normalized spacial score (nSPS) is 11.9. The second-order valence-electron chi connectivity index (χ2n) is 4.80. The highest BCUT2D eigenvalue weighted by molar-refractivity contribution is 5.28. The number of ether oxygens (including phenoxy) is 1. The Labute approximate surface area is 106 Å². The van der Waals surface area contributed by atoms with Crippen molar-refractivity contribution in [1.29, 1.82) is 0 Å². The van der Waals surface area contributed by atoms with Gasteiger partial charge < -0.3 is 10.1 Å². The van der Waals surface area contributed by atoms with Crippen LogP contribution in [0.5, 0.6) is 5.75 Å². The lowest BCUT2D eigenvalue weighted by molar-refractivity contribution is -0.274. The summed E-state index contributed by atoms with van der Waals surface area (Å²) in [6, 6.07) is 5.96. The van der Waals surface area contributed by atoms with Crippen LogP contribution in [-0.2, 0) is 6.54 Å². The van der Waals surface area contributed by atoms with Crippen LogP contribution in [0.25, 0.3) is 0 Å². The summed E-state index contributed by atoms with van der Waals surface area (Å²) in [6.07, 6.45) is -4.64. The Hall–Kier alpha value is -1.23. The first-order valence-electron chi connectivity index (χ1n) is 5.25. The van der Waals surface area contributed by atoms with Crippen LogP contribution in [0.2, 0.25) is 0 Å². The van der Waals surface area contributed by atoms with E-state index in [9.17, 15) is 13.2 Å². The molecule has 0 radical (unpaired) electrons. The molecule has 0 atom stereocenters. The largest absolute Gasteiger partial charge is 0.573 e. The fourth-order valence-electron chi connectivity index (χ4n) is 1.22. The quantitative estimate of drug-likeness (QED) is 0.886. The van der Waals surface area contributed by atoms with E-state index < -0.39 is 6.36 Å². The van der Waals surface area contributed by atoms with Crippen molar-refractivity contribution in [1.82, 2.24) is 5.32 Å². The van der Waals surface area contributed by atoms with Crippen molar-refractivity contribution in [2.45, 2.75) is 46.6 Å². The monoisotopic (exact) mass is 263 g/mol. The standard InChI is InChI=1S/C12H16F3NO.CH4/c1-11(2,3)16-8-9-5-4-6-10(7-9)17-12(13,14)15;/h4-7,16H,8H2,1-3H3;1H4. The van der Waals surface area contributed by atoms with E-state index in [4.69, 9.17) is 0 Å². The van der Waals surface area contributed by atoms with Gasteiger partial charge in [0.2, 0.25) is 0 Å². The van der Waals surface area contributed by atoms with E-state index in [0.29, 0.717) is 6.54 Å². The smallest absolute Gasteiger partial charge is 0.406 e. The maximum absolute atomic E-state index is 12.0. The van der Waals surface area contributed by atoms with Gasteiger partial charge in [-0.05, 0) is 38.5 Å². The van der Waals surface area contributed by atoms with Crippen molar-refractivity contribution < 1.29 is 17.9 Å². The molecule has 1 aromatic carbocycles. The van der Waals surface area contributed by atoms with Gasteiger partial charge in [-0.1, -0.05) is 19.6 Å². The van der Waals surface area contributed by atoms with Crippen LogP contribution in [0, 0.1) is 0 Å². The van der Waals surface area contributed by atoms with Crippen molar-refractivity contribution in [2.24, 2.45) is 0 Å². The highest BCUT2D eigenvalue weighted by Crippen LogP contribution is 2.23. The molecule has 0 spiro atoms. The predicted octanol–water partition coefficient (Wildman–Crippen LogP) is 4.11. The summed E-state index contributed by atoms with van der Waals surface area (Å²) in [5, 5.41) is 3.19. The van der Waals surface area contributed by atoms with E-state index in [-0.39, 0.29) is 18.7 Å². The molecule has 1 aromatic rings. The Morgan fingerprint density at radius 2 is 1.78 bits per heavy atom. The lowest BCUT2D eigenvalue weighted by Gasteiger charge is -2.20. The van der Waals surface area contributed by atoms with Crippen molar-refractivity contribution in [2.75, 3.05) is 0 Å². The van der Waals surface area contributed by atoms with E-state index >= 15 is 0 Å². The minimum absolute atomic E-state index is 0. The zero-order valence-electron chi connectivity index (χ0n) is 10.1. The van der Waals surface area contributed by atoms with Crippen LogP contribution in [0.4, 0.5) is 13.2 Å². The molecule has 1 N–H and O–H groups in total. The number of hydrogen-bond donors (Lipinski definition) is 1. The molecule has 2 nitrogen and oxygen atoms in total. The summed E-state index contributed by atoms with van der Waals surface area (Å²) in [7, 11) is 0. The summed E-state index contributed by atoms with van der Waals surface area (Å²) in [4.78, 5) is 0.